The topological polar surface area (TPSA) is 76.7 Å². The van der Waals surface area contributed by atoms with Gasteiger partial charge in [0.25, 0.3) is 0 Å². The van der Waals surface area contributed by atoms with Gasteiger partial charge in [0, 0.05) is 0 Å². The van der Waals surface area contributed by atoms with E-state index in [-0.39, 0.29) is 11.9 Å². The smallest absolute Gasteiger partial charge is 0.328 e. The van der Waals surface area contributed by atoms with E-state index in [1.807, 2.05) is 13.8 Å². The standard InChI is InChI=1S/C10H19N3O2/c1-6(2)8(9(14)15-3)13-10(11)12-7-4-5-7/h6-8H,4-5H2,1-3H3,(H3,11,12,13). The van der Waals surface area contributed by atoms with Gasteiger partial charge in [0.05, 0.1) is 13.2 Å². The van der Waals surface area contributed by atoms with Crippen molar-refractivity contribution in [3.8, 4) is 0 Å². The number of hydrogen-bond acceptors (Lipinski definition) is 3. The molecule has 0 aromatic rings. The van der Waals surface area contributed by atoms with Crippen LogP contribution in [0, 0.1) is 5.92 Å². The summed E-state index contributed by atoms with van der Waals surface area (Å²) in [5.41, 5.74) is 5.68. The molecule has 0 saturated heterocycles. The van der Waals surface area contributed by atoms with Gasteiger partial charge in [-0.3, -0.25) is 4.99 Å². The van der Waals surface area contributed by atoms with Crippen LogP contribution in [0.3, 0.4) is 0 Å². The van der Waals surface area contributed by atoms with E-state index in [4.69, 9.17) is 5.73 Å². The van der Waals surface area contributed by atoms with E-state index in [0.717, 1.165) is 12.8 Å². The van der Waals surface area contributed by atoms with Crippen LogP contribution in [-0.4, -0.2) is 31.1 Å². The summed E-state index contributed by atoms with van der Waals surface area (Å²) in [7, 11) is 1.37. The largest absolute Gasteiger partial charge is 0.467 e. The molecule has 1 saturated carbocycles. The van der Waals surface area contributed by atoms with Crippen molar-refractivity contribution in [2.45, 2.75) is 38.8 Å². The molecule has 1 unspecified atom stereocenters. The molecule has 0 aromatic heterocycles. The summed E-state index contributed by atoms with van der Waals surface area (Å²) in [6.45, 7) is 3.86. The Morgan fingerprint density at radius 3 is 2.53 bits per heavy atom. The second-order valence-electron chi connectivity index (χ2n) is 4.13. The zero-order valence-corrected chi connectivity index (χ0v) is 9.49. The number of nitrogens with two attached hydrogens (primary N) is 1. The SMILES string of the molecule is COC(=O)C(NC(N)=NC1CC1)C(C)C. The number of aliphatic imine (C=N–C) groups is 1. The van der Waals surface area contributed by atoms with E-state index in [1.165, 1.54) is 7.11 Å². The summed E-state index contributed by atoms with van der Waals surface area (Å²) in [4.78, 5) is 15.6. The summed E-state index contributed by atoms with van der Waals surface area (Å²) < 4.78 is 4.68. The lowest BCUT2D eigenvalue weighted by atomic mass is 10.1. The first-order valence-electron chi connectivity index (χ1n) is 5.22. The summed E-state index contributed by atoms with van der Waals surface area (Å²) in [5.74, 6) is 0.144. The van der Waals surface area contributed by atoms with Crippen LogP contribution in [0.15, 0.2) is 4.99 Å². The number of rotatable bonds is 4. The van der Waals surface area contributed by atoms with Crippen molar-refractivity contribution in [3.63, 3.8) is 0 Å². The Hall–Kier alpha value is -1.26. The molecule has 1 aliphatic carbocycles. The van der Waals surface area contributed by atoms with Crippen molar-refractivity contribution >= 4 is 11.9 Å². The van der Waals surface area contributed by atoms with Crippen molar-refractivity contribution in [2.75, 3.05) is 7.11 Å². The summed E-state index contributed by atoms with van der Waals surface area (Å²) in [6, 6.07) is -0.0690. The van der Waals surface area contributed by atoms with Gasteiger partial charge in [-0.1, -0.05) is 13.8 Å². The van der Waals surface area contributed by atoms with Gasteiger partial charge in [-0.2, -0.15) is 0 Å². The molecule has 1 rings (SSSR count). The second kappa shape index (κ2) is 5.00. The first-order valence-corrected chi connectivity index (χ1v) is 5.22. The molecule has 5 nitrogen and oxygen atoms in total. The van der Waals surface area contributed by atoms with Crippen LogP contribution < -0.4 is 11.1 Å². The van der Waals surface area contributed by atoms with Crippen LogP contribution in [0.25, 0.3) is 0 Å². The first kappa shape index (κ1) is 11.8. The van der Waals surface area contributed by atoms with Crippen LogP contribution in [0.5, 0.6) is 0 Å². The van der Waals surface area contributed by atoms with Gasteiger partial charge in [-0.05, 0) is 18.8 Å². The zero-order chi connectivity index (χ0) is 11.4. The molecule has 0 aliphatic heterocycles. The third-order valence-corrected chi connectivity index (χ3v) is 2.29. The van der Waals surface area contributed by atoms with Crippen molar-refractivity contribution in [1.82, 2.24) is 5.32 Å². The molecule has 15 heavy (non-hydrogen) atoms. The average molecular weight is 213 g/mol. The molecule has 0 bridgehead atoms. The minimum atomic E-state index is -0.419. The Labute approximate surface area is 90.1 Å². The highest BCUT2D eigenvalue weighted by atomic mass is 16.5. The number of guanidine groups is 1. The maximum Gasteiger partial charge on any atom is 0.328 e. The molecular formula is C10H19N3O2. The van der Waals surface area contributed by atoms with E-state index in [0.29, 0.717) is 12.0 Å². The molecule has 1 fully saturated rings. The number of ether oxygens (including phenoxy) is 1. The molecule has 0 spiro atoms. The van der Waals surface area contributed by atoms with Crippen LogP contribution in [-0.2, 0) is 9.53 Å². The van der Waals surface area contributed by atoms with Crippen molar-refractivity contribution in [1.29, 1.82) is 0 Å². The van der Waals surface area contributed by atoms with E-state index >= 15 is 0 Å². The van der Waals surface area contributed by atoms with Crippen LogP contribution in [0.2, 0.25) is 0 Å². The van der Waals surface area contributed by atoms with Gasteiger partial charge in [0.15, 0.2) is 5.96 Å². The van der Waals surface area contributed by atoms with Crippen LogP contribution >= 0.6 is 0 Å². The maximum atomic E-state index is 11.4. The predicted octanol–water partition coefficient (Wildman–Crippen LogP) is 0.251. The third-order valence-electron chi connectivity index (χ3n) is 2.29. The highest BCUT2D eigenvalue weighted by molar-refractivity contribution is 5.85. The quantitative estimate of drug-likeness (QED) is 0.399. The minimum Gasteiger partial charge on any atom is -0.467 e. The van der Waals surface area contributed by atoms with Crippen LogP contribution in [0.1, 0.15) is 26.7 Å². The zero-order valence-electron chi connectivity index (χ0n) is 9.49. The first-order chi connectivity index (χ1) is 7.04. The Balaban J connectivity index is 2.53. The number of methoxy groups -OCH3 is 1. The minimum absolute atomic E-state index is 0.116. The number of carbonyl (C=O) groups is 1. The number of carbonyl (C=O) groups excluding carboxylic acids is 1. The molecule has 3 N–H and O–H groups in total. The fraction of sp³-hybridized carbons (Fsp3) is 0.800. The molecule has 0 amide bonds. The van der Waals surface area contributed by atoms with Crippen molar-refractivity contribution < 1.29 is 9.53 Å². The Morgan fingerprint density at radius 1 is 1.53 bits per heavy atom. The van der Waals surface area contributed by atoms with E-state index < -0.39 is 6.04 Å². The van der Waals surface area contributed by atoms with Gasteiger partial charge < -0.3 is 15.8 Å². The summed E-state index contributed by atoms with van der Waals surface area (Å²) in [6.07, 6.45) is 2.18. The fourth-order valence-electron chi connectivity index (χ4n) is 1.22. The Morgan fingerprint density at radius 2 is 2.13 bits per heavy atom. The molecule has 0 aromatic carbocycles. The predicted molar refractivity (Wildman–Crippen MR) is 58.4 cm³/mol. The fourth-order valence-corrected chi connectivity index (χ4v) is 1.22. The lowest BCUT2D eigenvalue weighted by Crippen LogP contribution is -2.48. The van der Waals surface area contributed by atoms with Crippen LogP contribution in [0.4, 0.5) is 0 Å². The van der Waals surface area contributed by atoms with Crippen molar-refractivity contribution in [2.24, 2.45) is 16.6 Å². The monoisotopic (exact) mass is 213 g/mol. The number of nitrogens with one attached hydrogen (secondary N) is 1. The summed E-state index contributed by atoms with van der Waals surface area (Å²) >= 11 is 0. The van der Waals surface area contributed by atoms with Gasteiger partial charge in [0.1, 0.15) is 6.04 Å². The van der Waals surface area contributed by atoms with Crippen molar-refractivity contribution in [3.05, 3.63) is 0 Å². The second-order valence-corrected chi connectivity index (χ2v) is 4.13. The van der Waals surface area contributed by atoms with Gasteiger partial charge in [-0.15, -0.1) is 0 Å². The Bertz CT molecular complexity index is 259. The summed E-state index contributed by atoms with van der Waals surface area (Å²) in [5, 5.41) is 2.89. The van der Waals surface area contributed by atoms with Gasteiger partial charge in [-0.25, -0.2) is 4.79 Å². The molecule has 0 heterocycles. The van der Waals surface area contributed by atoms with E-state index in [2.05, 4.69) is 15.0 Å². The lowest BCUT2D eigenvalue weighted by molar-refractivity contribution is -0.143. The van der Waals surface area contributed by atoms with E-state index in [1.54, 1.807) is 0 Å². The maximum absolute atomic E-state index is 11.4. The Kier molecular flexibility index (Phi) is 3.94. The highest BCUT2D eigenvalue weighted by Crippen LogP contribution is 2.23. The van der Waals surface area contributed by atoms with E-state index in [9.17, 15) is 4.79 Å². The molecule has 0 radical (unpaired) electrons. The molecular weight excluding hydrogens is 194 g/mol. The highest BCUT2D eigenvalue weighted by Gasteiger charge is 2.25. The number of nitrogens with zero attached hydrogens (tertiary/aromatic N) is 1. The van der Waals surface area contributed by atoms with Gasteiger partial charge in [0.2, 0.25) is 0 Å². The number of esters is 1. The molecule has 1 atom stereocenters. The normalized spacial score (nSPS) is 18.8. The molecule has 1 aliphatic rings. The third kappa shape index (κ3) is 3.77. The molecule has 5 heteroatoms. The lowest BCUT2D eigenvalue weighted by Gasteiger charge is -2.20. The number of hydrogen-bond donors (Lipinski definition) is 2. The average Bonchev–Trinajstić information content (AvgIpc) is 2.96. The van der Waals surface area contributed by atoms with Gasteiger partial charge >= 0.3 is 5.97 Å². The molecule has 86 valence electrons.